The average molecular weight is 494 g/mol. The van der Waals surface area contributed by atoms with Crippen molar-refractivity contribution in [3.05, 3.63) is 53.1 Å². The lowest BCUT2D eigenvalue weighted by Crippen LogP contribution is -2.37. The first-order valence-electron chi connectivity index (χ1n) is 12.5. The third kappa shape index (κ3) is 6.08. The second-order valence-corrected chi connectivity index (χ2v) is 10.3. The van der Waals surface area contributed by atoms with Gasteiger partial charge in [-0.05, 0) is 106 Å². The van der Waals surface area contributed by atoms with E-state index in [0.717, 1.165) is 78.6 Å². The molecule has 6 nitrogen and oxygen atoms in total. The van der Waals surface area contributed by atoms with Crippen molar-refractivity contribution >= 4 is 17.5 Å². The van der Waals surface area contributed by atoms with Crippen LogP contribution in [0.3, 0.4) is 0 Å². The maximum absolute atomic E-state index is 11.2. The molecule has 0 spiro atoms. The van der Waals surface area contributed by atoms with Crippen LogP contribution in [-0.2, 0) is 17.6 Å². The lowest BCUT2D eigenvalue weighted by molar-refractivity contribution is -0.143. The molecule has 0 bridgehead atoms. The van der Waals surface area contributed by atoms with Crippen molar-refractivity contribution in [3.63, 3.8) is 0 Å². The number of carboxylic acids is 1. The number of likely N-dealkylation sites (tertiary alicyclic amines) is 1. The molecule has 2 aromatic carbocycles. The monoisotopic (exact) mass is 493 g/mol. The van der Waals surface area contributed by atoms with Gasteiger partial charge >= 0.3 is 5.97 Å². The van der Waals surface area contributed by atoms with Gasteiger partial charge in [-0.1, -0.05) is 25.1 Å². The summed E-state index contributed by atoms with van der Waals surface area (Å²) in [5.41, 5.74) is 5.88. The zero-order valence-electron chi connectivity index (χ0n) is 21.1. The van der Waals surface area contributed by atoms with Gasteiger partial charge in [0.05, 0.1) is 12.0 Å². The summed E-state index contributed by atoms with van der Waals surface area (Å²) >= 11 is 1.43. The van der Waals surface area contributed by atoms with Crippen molar-refractivity contribution in [3.8, 4) is 27.7 Å². The molecule has 4 rings (SSSR count). The van der Waals surface area contributed by atoms with Gasteiger partial charge in [-0.2, -0.15) is 4.37 Å². The van der Waals surface area contributed by atoms with E-state index >= 15 is 0 Å². The van der Waals surface area contributed by atoms with E-state index < -0.39 is 5.97 Å². The Hall–Kier alpha value is -2.77. The molecule has 1 N–H and O–H groups in total. The molecule has 35 heavy (non-hydrogen) atoms. The lowest BCUT2D eigenvalue weighted by atomic mass is 9.94. The zero-order valence-corrected chi connectivity index (χ0v) is 21.9. The van der Waals surface area contributed by atoms with E-state index in [0.29, 0.717) is 0 Å². The average Bonchev–Trinajstić information content (AvgIpc) is 3.34. The van der Waals surface area contributed by atoms with E-state index in [1.807, 2.05) is 19.9 Å². The van der Waals surface area contributed by atoms with Crippen molar-refractivity contribution in [1.82, 2.24) is 14.3 Å². The Labute approximate surface area is 212 Å². The summed E-state index contributed by atoms with van der Waals surface area (Å²) in [6.07, 6.45) is 3.49. The Morgan fingerprint density at radius 3 is 2.66 bits per heavy atom. The number of hydrogen-bond donors (Lipinski definition) is 1. The summed E-state index contributed by atoms with van der Waals surface area (Å²) in [6, 6.07) is 12.6. The Balaban J connectivity index is 1.49. The van der Waals surface area contributed by atoms with Gasteiger partial charge in [0, 0.05) is 17.7 Å². The maximum atomic E-state index is 11.2. The van der Waals surface area contributed by atoms with E-state index in [9.17, 15) is 9.90 Å². The molecular weight excluding hydrogens is 458 g/mol. The molecule has 186 valence electrons. The third-order valence-corrected chi connectivity index (χ3v) is 7.48. The molecule has 0 saturated carbocycles. The van der Waals surface area contributed by atoms with E-state index in [4.69, 9.17) is 14.1 Å². The summed E-state index contributed by atoms with van der Waals surface area (Å²) in [6.45, 7) is 11.0. The summed E-state index contributed by atoms with van der Waals surface area (Å²) < 4.78 is 10.6. The highest BCUT2D eigenvalue weighted by atomic mass is 32.1. The summed E-state index contributed by atoms with van der Waals surface area (Å²) in [5, 5.41) is 10.1. The Morgan fingerprint density at radius 1 is 1.23 bits per heavy atom. The van der Waals surface area contributed by atoms with Crippen molar-refractivity contribution in [2.45, 2.75) is 59.5 Å². The minimum Gasteiger partial charge on any atom is -0.491 e. The van der Waals surface area contributed by atoms with Gasteiger partial charge in [0.2, 0.25) is 0 Å². The van der Waals surface area contributed by atoms with Crippen molar-refractivity contribution in [2.24, 2.45) is 5.92 Å². The molecule has 1 fully saturated rings. The molecule has 0 unspecified atom stereocenters. The molecule has 7 heteroatoms. The van der Waals surface area contributed by atoms with Crippen LogP contribution >= 0.6 is 11.5 Å². The van der Waals surface area contributed by atoms with Crippen molar-refractivity contribution < 1.29 is 14.6 Å². The van der Waals surface area contributed by atoms with Gasteiger partial charge in [-0.15, -0.1) is 0 Å². The van der Waals surface area contributed by atoms with Gasteiger partial charge in [0.15, 0.2) is 5.82 Å². The summed E-state index contributed by atoms with van der Waals surface area (Å²) in [4.78, 5) is 18.5. The molecule has 0 amide bonds. The van der Waals surface area contributed by atoms with Crippen LogP contribution < -0.4 is 4.74 Å². The topological polar surface area (TPSA) is 75.6 Å². The van der Waals surface area contributed by atoms with Gasteiger partial charge < -0.3 is 14.7 Å². The third-order valence-electron chi connectivity index (χ3n) is 6.71. The molecule has 1 aliphatic rings. The van der Waals surface area contributed by atoms with Gasteiger partial charge in [0.25, 0.3) is 0 Å². The van der Waals surface area contributed by atoms with Crippen molar-refractivity contribution in [1.29, 1.82) is 0 Å². The molecular formula is C28H35N3O3S. The minimum absolute atomic E-state index is 0.143. The standard InChI is InChI=1S/C28H35N3O3S/c1-5-23-20(11-14-31-15-12-21(13-16-31)28(32)33)7-6-8-24(23)26-29-27(35-30-26)22-9-10-25(19(4)17-22)34-18(2)3/h6-10,17-18,21H,5,11-16H2,1-4H3,(H,32,33). The number of nitrogens with zero attached hydrogens (tertiary/aromatic N) is 3. The van der Waals surface area contributed by atoms with Crippen LogP contribution in [0.1, 0.15) is 50.3 Å². The van der Waals surface area contributed by atoms with E-state index in [1.54, 1.807) is 0 Å². The summed E-state index contributed by atoms with van der Waals surface area (Å²) in [7, 11) is 0. The lowest BCUT2D eigenvalue weighted by Gasteiger charge is -2.30. The first-order valence-corrected chi connectivity index (χ1v) is 13.3. The first kappa shape index (κ1) is 25.3. The number of ether oxygens (including phenoxy) is 1. The second-order valence-electron chi connectivity index (χ2n) is 9.57. The number of piperidine rings is 1. The molecule has 1 saturated heterocycles. The minimum atomic E-state index is -0.657. The number of hydrogen-bond acceptors (Lipinski definition) is 6. The molecule has 2 heterocycles. The molecule has 3 aromatic rings. The first-order chi connectivity index (χ1) is 16.9. The number of rotatable bonds is 9. The van der Waals surface area contributed by atoms with Gasteiger partial charge in [-0.3, -0.25) is 4.79 Å². The predicted octanol–water partition coefficient (Wildman–Crippen LogP) is 5.87. The highest BCUT2D eigenvalue weighted by molar-refractivity contribution is 7.09. The van der Waals surface area contributed by atoms with Gasteiger partial charge in [-0.25, -0.2) is 4.98 Å². The Bertz CT molecular complexity index is 1170. The number of aliphatic carboxylic acids is 1. The van der Waals surface area contributed by atoms with E-state index in [-0.39, 0.29) is 12.0 Å². The second kappa shape index (κ2) is 11.3. The molecule has 0 aliphatic carbocycles. The fourth-order valence-electron chi connectivity index (χ4n) is 4.80. The quantitative estimate of drug-likeness (QED) is 0.402. The maximum Gasteiger partial charge on any atom is 0.306 e. The Morgan fingerprint density at radius 2 is 2.00 bits per heavy atom. The normalized spacial score (nSPS) is 15.0. The number of carbonyl (C=O) groups is 1. The van der Waals surface area contributed by atoms with Crippen LogP contribution in [0.4, 0.5) is 0 Å². The van der Waals surface area contributed by atoms with Crippen LogP contribution in [0.2, 0.25) is 0 Å². The summed E-state index contributed by atoms with van der Waals surface area (Å²) in [5.74, 6) is 0.844. The zero-order chi connectivity index (χ0) is 24.9. The molecule has 1 aromatic heterocycles. The van der Waals surface area contributed by atoms with Crippen molar-refractivity contribution in [2.75, 3.05) is 19.6 Å². The molecule has 0 atom stereocenters. The largest absolute Gasteiger partial charge is 0.491 e. The Kier molecular flexibility index (Phi) is 8.19. The van der Waals surface area contributed by atoms with Crippen LogP contribution in [-0.4, -0.2) is 51.1 Å². The predicted molar refractivity (Wildman–Crippen MR) is 141 cm³/mol. The number of aryl methyl sites for hydroxylation is 1. The fourth-order valence-corrected chi connectivity index (χ4v) is 5.47. The van der Waals surface area contributed by atoms with E-state index in [1.165, 1.54) is 22.7 Å². The number of carboxylic acid groups (broad SMARTS) is 1. The molecule has 1 aliphatic heterocycles. The van der Waals surface area contributed by atoms with Crippen LogP contribution in [0.25, 0.3) is 22.0 Å². The van der Waals surface area contributed by atoms with Crippen LogP contribution in [0.5, 0.6) is 5.75 Å². The highest BCUT2D eigenvalue weighted by Gasteiger charge is 2.24. The smallest absolute Gasteiger partial charge is 0.306 e. The number of benzene rings is 2. The van der Waals surface area contributed by atoms with E-state index in [2.05, 4.69) is 49.1 Å². The molecule has 0 radical (unpaired) electrons. The van der Waals surface area contributed by atoms with Gasteiger partial charge in [0.1, 0.15) is 10.8 Å². The SMILES string of the molecule is CCc1c(CCN2CCC(C(=O)O)CC2)cccc1-c1nsc(-c2ccc(OC(C)C)c(C)c2)n1. The number of aromatic nitrogens is 2. The fraction of sp³-hybridized carbons (Fsp3) is 0.464. The van der Waals surface area contributed by atoms with Crippen LogP contribution in [0.15, 0.2) is 36.4 Å². The highest BCUT2D eigenvalue weighted by Crippen LogP contribution is 2.32. The van der Waals surface area contributed by atoms with Crippen LogP contribution in [0, 0.1) is 12.8 Å².